The number of methoxy groups -OCH3 is 1. The molecule has 136 valence electrons. The summed E-state index contributed by atoms with van der Waals surface area (Å²) in [5.41, 5.74) is 0.609. The Morgan fingerprint density at radius 3 is 2.84 bits per heavy atom. The molecule has 0 unspecified atom stereocenters. The lowest BCUT2D eigenvalue weighted by molar-refractivity contribution is -0.118. The number of hydrogen-bond donors (Lipinski definition) is 1. The van der Waals surface area contributed by atoms with Gasteiger partial charge in [-0.1, -0.05) is 37.7 Å². The van der Waals surface area contributed by atoms with Crippen molar-refractivity contribution in [2.24, 2.45) is 5.92 Å². The molecule has 2 aromatic rings. The molecule has 0 saturated heterocycles. The van der Waals surface area contributed by atoms with Gasteiger partial charge in [0, 0.05) is 26.8 Å². The molecule has 0 saturated carbocycles. The van der Waals surface area contributed by atoms with Gasteiger partial charge in [0.25, 0.3) is 5.56 Å². The van der Waals surface area contributed by atoms with E-state index in [0.717, 1.165) is 6.42 Å². The predicted octanol–water partition coefficient (Wildman–Crippen LogP) is 2.30. The number of carbonyl (C=O) groups is 1. The Kier molecular flexibility index (Phi) is 7.46. The van der Waals surface area contributed by atoms with Crippen LogP contribution in [0.4, 0.5) is 0 Å². The van der Waals surface area contributed by atoms with Crippen molar-refractivity contribution in [3.8, 4) is 0 Å². The molecular weight excluding hydrogens is 338 g/mol. The summed E-state index contributed by atoms with van der Waals surface area (Å²) in [5.74, 6) is 0.470. The molecule has 0 radical (unpaired) electrons. The summed E-state index contributed by atoms with van der Waals surface area (Å²) >= 11 is 1.30. The quantitative estimate of drug-likeness (QED) is 0.420. The van der Waals surface area contributed by atoms with Crippen molar-refractivity contribution in [1.82, 2.24) is 14.9 Å². The molecule has 1 N–H and O–H groups in total. The molecule has 1 aromatic carbocycles. The van der Waals surface area contributed by atoms with Crippen LogP contribution in [0.5, 0.6) is 0 Å². The first-order valence-electron chi connectivity index (χ1n) is 8.41. The number of para-hydroxylation sites is 1. The van der Waals surface area contributed by atoms with E-state index < -0.39 is 0 Å². The fraction of sp³-hybridized carbons (Fsp3) is 0.500. The van der Waals surface area contributed by atoms with Gasteiger partial charge in [-0.15, -0.1) is 0 Å². The van der Waals surface area contributed by atoms with Gasteiger partial charge in [-0.25, -0.2) is 4.98 Å². The fourth-order valence-electron chi connectivity index (χ4n) is 2.41. The fourth-order valence-corrected chi connectivity index (χ4v) is 3.25. The lowest BCUT2D eigenvalue weighted by Gasteiger charge is -2.14. The topological polar surface area (TPSA) is 73.2 Å². The second-order valence-corrected chi connectivity index (χ2v) is 7.15. The number of benzene rings is 1. The van der Waals surface area contributed by atoms with Crippen LogP contribution in [-0.2, 0) is 16.1 Å². The molecule has 0 atom stereocenters. The third-order valence-corrected chi connectivity index (χ3v) is 4.53. The van der Waals surface area contributed by atoms with Gasteiger partial charge >= 0.3 is 0 Å². The molecule has 2 rings (SSSR count). The van der Waals surface area contributed by atoms with Gasteiger partial charge in [0.2, 0.25) is 5.91 Å². The van der Waals surface area contributed by atoms with Crippen LogP contribution < -0.4 is 10.9 Å². The van der Waals surface area contributed by atoms with Gasteiger partial charge in [0.1, 0.15) is 0 Å². The van der Waals surface area contributed by atoms with Crippen molar-refractivity contribution in [3.05, 3.63) is 34.6 Å². The van der Waals surface area contributed by atoms with E-state index in [1.807, 2.05) is 18.2 Å². The van der Waals surface area contributed by atoms with E-state index in [0.29, 0.717) is 41.7 Å². The summed E-state index contributed by atoms with van der Waals surface area (Å²) in [6.45, 7) is 5.89. The zero-order valence-corrected chi connectivity index (χ0v) is 15.8. The lowest BCUT2D eigenvalue weighted by atomic mass is 10.2. The molecule has 0 aliphatic carbocycles. The molecule has 6 nitrogen and oxygen atoms in total. The first-order chi connectivity index (χ1) is 12.0. The summed E-state index contributed by atoms with van der Waals surface area (Å²) in [6, 6.07) is 7.31. The second-order valence-electron chi connectivity index (χ2n) is 6.21. The molecule has 1 amide bonds. The van der Waals surface area contributed by atoms with Crippen LogP contribution in [0.2, 0.25) is 0 Å². The Labute approximate surface area is 152 Å². The number of ether oxygens (including phenoxy) is 1. The maximum absolute atomic E-state index is 12.8. The normalized spacial score (nSPS) is 11.2. The zero-order valence-electron chi connectivity index (χ0n) is 14.9. The van der Waals surface area contributed by atoms with Gasteiger partial charge in [-0.05, 0) is 24.5 Å². The first-order valence-corrected chi connectivity index (χ1v) is 9.39. The highest BCUT2D eigenvalue weighted by Crippen LogP contribution is 2.18. The average molecular weight is 363 g/mol. The molecular formula is C18H25N3O3S. The zero-order chi connectivity index (χ0) is 18.2. The Morgan fingerprint density at radius 2 is 2.12 bits per heavy atom. The largest absolute Gasteiger partial charge is 0.385 e. The second kappa shape index (κ2) is 9.58. The molecule has 1 aromatic heterocycles. The number of rotatable bonds is 9. The number of nitrogens with one attached hydrogen (secondary N) is 1. The van der Waals surface area contributed by atoms with Crippen molar-refractivity contribution in [2.75, 3.05) is 26.0 Å². The summed E-state index contributed by atoms with van der Waals surface area (Å²) < 4.78 is 6.63. The average Bonchev–Trinajstić information content (AvgIpc) is 2.59. The summed E-state index contributed by atoms with van der Waals surface area (Å²) in [7, 11) is 1.64. The van der Waals surface area contributed by atoms with E-state index in [-0.39, 0.29) is 17.2 Å². The van der Waals surface area contributed by atoms with E-state index in [1.54, 1.807) is 17.7 Å². The summed E-state index contributed by atoms with van der Waals surface area (Å²) in [6.07, 6.45) is 0.777. The van der Waals surface area contributed by atoms with Crippen LogP contribution in [0, 0.1) is 5.92 Å². The number of aromatic nitrogens is 2. The molecule has 25 heavy (non-hydrogen) atoms. The number of carbonyl (C=O) groups excluding carboxylic acids is 1. The van der Waals surface area contributed by atoms with Crippen molar-refractivity contribution in [1.29, 1.82) is 0 Å². The minimum atomic E-state index is -0.0698. The maximum Gasteiger partial charge on any atom is 0.262 e. The Hall–Kier alpha value is -1.86. The molecule has 7 heteroatoms. The number of nitrogens with zero attached hydrogens (tertiary/aromatic N) is 2. The SMILES string of the molecule is COCCCNC(=O)CSc1nc2ccccc2c(=O)n1CC(C)C. The molecule has 0 aliphatic rings. The minimum Gasteiger partial charge on any atom is -0.385 e. The number of thioether (sulfide) groups is 1. The highest BCUT2D eigenvalue weighted by Gasteiger charge is 2.14. The first kappa shape index (κ1) is 19.5. The number of fused-ring (bicyclic) bond motifs is 1. The van der Waals surface area contributed by atoms with Crippen LogP contribution in [-0.4, -0.2) is 41.5 Å². The van der Waals surface area contributed by atoms with Crippen molar-refractivity contribution in [3.63, 3.8) is 0 Å². The van der Waals surface area contributed by atoms with Gasteiger partial charge in [-0.2, -0.15) is 0 Å². The molecule has 1 heterocycles. The van der Waals surface area contributed by atoms with Gasteiger partial charge in [0.15, 0.2) is 5.16 Å². The maximum atomic E-state index is 12.8. The van der Waals surface area contributed by atoms with Crippen LogP contribution in [0.15, 0.2) is 34.2 Å². The van der Waals surface area contributed by atoms with E-state index in [9.17, 15) is 9.59 Å². The Morgan fingerprint density at radius 1 is 1.36 bits per heavy atom. The Bertz CT molecular complexity index is 774. The standard InChI is InChI=1S/C18H25N3O3S/c1-13(2)11-21-17(23)14-7-4-5-8-15(14)20-18(21)25-12-16(22)19-9-6-10-24-3/h4-5,7-8,13H,6,9-12H2,1-3H3,(H,19,22). The van der Waals surface area contributed by atoms with E-state index >= 15 is 0 Å². The van der Waals surface area contributed by atoms with E-state index in [1.165, 1.54) is 11.8 Å². The third kappa shape index (κ3) is 5.57. The Balaban J connectivity index is 2.15. The van der Waals surface area contributed by atoms with Gasteiger partial charge in [0.05, 0.1) is 16.7 Å². The van der Waals surface area contributed by atoms with Gasteiger partial charge in [-0.3, -0.25) is 14.2 Å². The van der Waals surface area contributed by atoms with Crippen LogP contribution in [0.1, 0.15) is 20.3 Å². The number of hydrogen-bond acceptors (Lipinski definition) is 5. The van der Waals surface area contributed by atoms with Crippen molar-refractivity contribution >= 4 is 28.6 Å². The predicted molar refractivity (Wildman–Crippen MR) is 101 cm³/mol. The molecule has 0 aliphatic heterocycles. The molecule has 0 bridgehead atoms. The lowest BCUT2D eigenvalue weighted by Crippen LogP contribution is -2.28. The van der Waals surface area contributed by atoms with E-state index in [2.05, 4.69) is 24.1 Å². The minimum absolute atomic E-state index is 0.0534. The molecule has 0 spiro atoms. The highest BCUT2D eigenvalue weighted by molar-refractivity contribution is 7.99. The molecule has 0 fully saturated rings. The summed E-state index contributed by atoms with van der Waals surface area (Å²) in [5, 5.41) is 4.04. The smallest absolute Gasteiger partial charge is 0.262 e. The third-order valence-electron chi connectivity index (χ3n) is 3.55. The monoisotopic (exact) mass is 363 g/mol. The highest BCUT2D eigenvalue weighted by atomic mass is 32.2. The summed E-state index contributed by atoms with van der Waals surface area (Å²) in [4.78, 5) is 29.3. The van der Waals surface area contributed by atoms with E-state index in [4.69, 9.17) is 4.74 Å². The van der Waals surface area contributed by atoms with Crippen molar-refractivity contribution in [2.45, 2.75) is 32.0 Å². The van der Waals surface area contributed by atoms with Crippen LogP contribution in [0.3, 0.4) is 0 Å². The van der Waals surface area contributed by atoms with Crippen LogP contribution in [0.25, 0.3) is 10.9 Å². The van der Waals surface area contributed by atoms with Gasteiger partial charge < -0.3 is 10.1 Å². The van der Waals surface area contributed by atoms with Crippen molar-refractivity contribution < 1.29 is 9.53 Å². The van der Waals surface area contributed by atoms with Crippen LogP contribution >= 0.6 is 11.8 Å². The number of amides is 1.